The molecular weight excluding hydrogens is 660 g/mol. The molecule has 3 aliphatic rings. The van der Waals surface area contributed by atoms with Crippen molar-refractivity contribution in [2.45, 2.75) is 49.1 Å². The Balaban J connectivity index is 1.22. The van der Waals surface area contributed by atoms with Crippen LogP contribution in [0.15, 0.2) is 23.8 Å². The van der Waals surface area contributed by atoms with Gasteiger partial charge in [-0.2, -0.15) is 4.98 Å². The van der Waals surface area contributed by atoms with E-state index in [9.17, 15) is 18.8 Å². The summed E-state index contributed by atoms with van der Waals surface area (Å²) in [5.74, 6) is -0.213. The van der Waals surface area contributed by atoms with E-state index < -0.39 is 83.2 Å². The van der Waals surface area contributed by atoms with Gasteiger partial charge in [0.05, 0.1) is 25.9 Å². The molecule has 7 rings (SSSR count). The number of methoxy groups -OCH3 is 1. The Morgan fingerprint density at radius 3 is 2.46 bits per heavy atom. The van der Waals surface area contributed by atoms with Gasteiger partial charge < -0.3 is 39.6 Å². The van der Waals surface area contributed by atoms with Gasteiger partial charge in [0.25, 0.3) is 13.0 Å². The summed E-state index contributed by atoms with van der Waals surface area (Å²) in [6.07, 6.45) is -8.52. The second-order valence-electron chi connectivity index (χ2n) is 10.4. The lowest BCUT2D eigenvalue weighted by Crippen LogP contribution is -2.37. The molecule has 7 heterocycles. The number of nitrogens with two attached hydrogens (primary N) is 2. The number of H-pyrrole nitrogens is 1. The topological polar surface area (TPSA) is 278 Å². The Morgan fingerprint density at radius 2 is 1.70 bits per heavy atom. The summed E-state index contributed by atoms with van der Waals surface area (Å²) in [5, 5.41) is 0. The zero-order valence-electron chi connectivity index (χ0n) is 23.4. The molecule has 10 atom stereocenters. The number of anilines is 2. The van der Waals surface area contributed by atoms with E-state index in [0.717, 1.165) is 6.33 Å². The first-order chi connectivity index (χ1) is 21.9. The lowest BCUT2D eigenvalue weighted by molar-refractivity contribution is -0.0631. The van der Waals surface area contributed by atoms with E-state index in [1.54, 1.807) is 0 Å². The minimum Gasteiger partial charge on any atom is -0.382 e. The monoisotopic (exact) mass is 684 g/mol. The number of hydrogen-bond acceptors (Lipinski definition) is 17. The van der Waals surface area contributed by atoms with Crippen molar-refractivity contribution in [1.82, 2.24) is 39.0 Å². The molecule has 2 bridgehead atoms. The number of aromatic amines is 1. The molecule has 3 fully saturated rings. The average molecular weight is 684 g/mol. The molecule has 4 aromatic rings. The van der Waals surface area contributed by atoms with Crippen LogP contribution in [0.2, 0.25) is 0 Å². The summed E-state index contributed by atoms with van der Waals surface area (Å²) in [4.78, 5) is 45.5. The van der Waals surface area contributed by atoms with Gasteiger partial charge in [0.15, 0.2) is 41.3 Å². The lowest BCUT2D eigenvalue weighted by Gasteiger charge is -2.28. The van der Waals surface area contributed by atoms with Gasteiger partial charge in [-0.15, -0.1) is 0 Å². The molecule has 0 amide bonds. The Bertz CT molecular complexity index is 1960. The molecule has 244 valence electrons. The number of phosphoric acid groups is 1. The third-order valence-electron chi connectivity index (χ3n) is 7.55. The summed E-state index contributed by atoms with van der Waals surface area (Å²) in [6, 6.07) is 0. The molecule has 21 nitrogen and oxygen atoms in total. The molecule has 4 unspecified atom stereocenters. The third kappa shape index (κ3) is 5.41. The molecule has 0 saturated carbocycles. The summed E-state index contributed by atoms with van der Waals surface area (Å²) in [7, 11) is -2.42. The van der Waals surface area contributed by atoms with E-state index in [1.165, 1.54) is 28.9 Å². The van der Waals surface area contributed by atoms with Crippen LogP contribution in [-0.2, 0) is 41.4 Å². The van der Waals surface area contributed by atoms with E-state index in [4.69, 9.17) is 51.3 Å². The Morgan fingerprint density at radius 1 is 1.00 bits per heavy atom. The second-order valence-corrected chi connectivity index (χ2v) is 13.3. The Hall–Kier alpha value is -3.37. The number of rotatable bonds is 3. The highest BCUT2D eigenvalue weighted by Gasteiger charge is 2.54. The molecule has 0 spiro atoms. The smallest absolute Gasteiger partial charge is 0.382 e. The number of alkyl halides is 1. The highest BCUT2D eigenvalue weighted by Crippen LogP contribution is 2.54. The minimum atomic E-state index is -5.07. The predicted octanol–water partition coefficient (Wildman–Crippen LogP) is -0.534. The fraction of sp³-hybridized carbons (Fsp3) is 0.524. The zero-order valence-corrected chi connectivity index (χ0v) is 25.2. The Kier molecular flexibility index (Phi) is 7.75. The first kappa shape index (κ1) is 31.2. The fourth-order valence-electron chi connectivity index (χ4n) is 5.56. The molecule has 0 aliphatic carbocycles. The first-order valence-electron chi connectivity index (χ1n) is 13.4. The number of imidazole rings is 2. The molecule has 3 aliphatic heterocycles. The van der Waals surface area contributed by atoms with E-state index >= 15 is 4.39 Å². The van der Waals surface area contributed by atoms with Crippen molar-refractivity contribution >= 4 is 57.0 Å². The number of phosphoric ester groups is 1. The number of ether oxygens (including phenoxy) is 3. The SMILES string of the molecule is [B][P@]1(=O)OCC2O[C@@H](n3cnc4c(N)ncnc43)[C@@H](F)[C@H]2OP(=O)(O)OCC2OC(n3cnc4c(=O)[nH]c(N)nc43)[C@@H](O1)[C@H]2OC. The van der Waals surface area contributed by atoms with Gasteiger partial charge in [-0.1, -0.05) is 0 Å². The van der Waals surface area contributed by atoms with Gasteiger partial charge in [0.2, 0.25) is 13.5 Å². The first-order valence-corrected chi connectivity index (χ1v) is 16.5. The predicted molar refractivity (Wildman–Crippen MR) is 151 cm³/mol. The standard InChI is InChI=1S/C21H24BFN10O11P2/c1-38-13-8-3-40-46(36,37)44-12-7(41-19(9(12)23)32-5-28-10-15(24)26-4-27-16(10)32)2-39-45(22,35)43-14(13)20(42-8)33-6-29-11-17(33)30-21(25)31-18(11)34/h4-9,12-14,19-20H,2-3H2,1H3,(H,36,37)(H2,24,26,27)(H3,25,30,31,34)/t7?,8?,9-,12-,13-,14-,19+,20?,45-/m0/s1. The van der Waals surface area contributed by atoms with Crippen molar-refractivity contribution in [3.05, 3.63) is 29.3 Å². The molecule has 6 N–H and O–H groups in total. The normalized spacial score (nSPS) is 37.1. The highest BCUT2D eigenvalue weighted by molar-refractivity contribution is 7.79. The van der Waals surface area contributed by atoms with Crippen molar-refractivity contribution in [3.8, 4) is 0 Å². The maximum absolute atomic E-state index is 16.0. The number of aromatic nitrogens is 8. The summed E-state index contributed by atoms with van der Waals surface area (Å²) >= 11 is 0. The number of halogens is 1. The van der Waals surface area contributed by atoms with Crippen molar-refractivity contribution in [2.75, 3.05) is 31.8 Å². The van der Waals surface area contributed by atoms with Crippen LogP contribution in [0.25, 0.3) is 22.3 Å². The largest absolute Gasteiger partial charge is 0.472 e. The molecule has 3 saturated heterocycles. The molecule has 25 heteroatoms. The van der Waals surface area contributed by atoms with Crippen molar-refractivity contribution in [1.29, 1.82) is 0 Å². The maximum Gasteiger partial charge on any atom is 0.472 e. The van der Waals surface area contributed by atoms with E-state index in [1.807, 2.05) is 0 Å². The zero-order chi connectivity index (χ0) is 32.5. The molecular formula is C21H24BFN10O11P2. The fourth-order valence-corrected chi connectivity index (χ4v) is 7.49. The van der Waals surface area contributed by atoms with Crippen LogP contribution in [0.3, 0.4) is 0 Å². The number of fused-ring (bicyclic) bond motifs is 5. The van der Waals surface area contributed by atoms with Crippen LogP contribution in [0.4, 0.5) is 16.2 Å². The molecule has 0 aromatic carbocycles. The van der Waals surface area contributed by atoms with Crippen LogP contribution in [0.5, 0.6) is 0 Å². The van der Waals surface area contributed by atoms with Gasteiger partial charge in [-0.3, -0.25) is 32.5 Å². The van der Waals surface area contributed by atoms with Crippen molar-refractivity contribution in [3.63, 3.8) is 0 Å². The Labute approximate surface area is 257 Å². The van der Waals surface area contributed by atoms with Gasteiger partial charge in [-0.25, -0.2) is 28.9 Å². The summed E-state index contributed by atoms with van der Waals surface area (Å²) in [6.45, 7) is -1.43. The maximum atomic E-state index is 16.0. The van der Waals surface area contributed by atoms with E-state index in [-0.39, 0.29) is 34.1 Å². The van der Waals surface area contributed by atoms with Crippen molar-refractivity contribution < 1.29 is 50.7 Å². The number of hydrogen-bond donors (Lipinski definition) is 4. The van der Waals surface area contributed by atoms with Crippen molar-refractivity contribution in [2.24, 2.45) is 0 Å². The quantitative estimate of drug-likeness (QED) is 0.156. The third-order valence-corrected chi connectivity index (χ3v) is 9.59. The van der Waals surface area contributed by atoms with E-state index in [0.29, 0.717) is 0 Å². The molecule has 4 aromatic heterocycles. The lowest BCUT2D eigenvalue weighted by atomic mass is 10.1. The van der Waals surface area contributed by atoms with Crippen LogP contribution in [-0.4, -0.2) is 109 Å². The van der Waals surface area contributed by atoms with E-state index in [2.05, 4.69) is 29.9 Å². The molecule has 2 radical (unpaired) electrons. The van der Waals surface area contributed by atoms with Gasteiger partial charge in [0.1, 0.15) is 42.4 Å². The van der Waals surface area contributed by atoms with Crippen LogP contribution in [0, 0.1) is 0 Å². The summed E-state index contributed by atoms with van der Waals surface area (Å²) in [5.41, 5.74) is 11.0. The van der Waals surface area contributed by atoms with Crippen LogP contribution in [0.1, 0.15) is 12.5 Å². The highest BCUT2D eigenvalue weighted by atomic mass is 31.2. The van der Waals surface area contributed by atoms with Gasteiger partial charge in [0, 0.05) is 7.11 Å². The van der Waals surface area contributed by atoms with Gasteiger partial charge in [-0.05, 0) is 0 Å². The minimum absolute atomic E-state index is 0.0213. The summed E-state index contributed by atoms with van der Waals surface area (Å²) < 4.78 is 84.1. The number of nitrogen functional groups attached to an aromatic ring is 2. The second kappa shape index (κ2) is 11.4. The average Bonchev–Trinajstić information content (AvgIpc) is 3.75. The number of nitrogens with zero attached hydrogens (tertiary/aromatic N) is 7. The van der Waals surface area contributed by atoms with Gasteiger partial charge >= 0.3 is 7.82 Å². The van der Waals surface area contributed by atoms with Crippen LogP contribution < -0.4 is 17.0 Å². The van der Waals surface area contributed by atoms with Crippen LogP contribution >= 0.6 is 15.3 Å². The number of nitrogens with one attached hydrogen (secondary N) is 1. The molecule has 46 heavy (non-hydrogen) atoms.